The van der Waals surface area contributed by atoms with Crippen molar-refractivity contribution in [2.45, 2.75) is 0 Å². The van der Waals surface area contributed by atoms with Gasteiger partial charge in [-0.15, -0.1) is 0 Å². The first kappa shape index (κ1) is 9.90. The van der Waals surface area contributed by atoms with Crippen LogP contribution in [0, 0.1) is 0 Å². The van der Waals surface area contributed by atoms with E-state index in [9.17, 15) is 0 Å². The number of rotatable bonds is 5. The van der Waals surface area contributed by atoms with Crippen LogP contribution < -0.4 is 0 Å². The van der Waals surface area contributed by atoms with Gasteiger partial charge >= 0.3 is 96.0 Å². The Morgan fingerprint density at radius 1 is 0.733 bits per heavy atom. The fraction of sp³-hybridized carbons (Fsp3) is 1.00. The van der Waals surface area contributed by atoms with Gasteiger partial charge < -0.3 is 0 Å². The van der Waals surface area contributed by atoms with Crippen LogP contribution >= 0.6 is 14.4 Å². The summed E-state index contributed by atoms with van der Waals surface area (Å²) in [5, 5.41) is 0. The second-order valence-electron chi connectivity index (χ2n) is 4.70. The molecule has 4 fully saturated rings. The Morgan fingerprint density at radius 2 is 1.20 bits per heavy atom. The molecule has 0 bridgehead atoms. The normalized spacial score (nSPS) is 34.1. The Bertz CT molecular complexity index is 278. The summed E-state index contributed by atoms with van der Waals surface area (Å²) in [6.07, 6.45) is 0. The summed E-state index contributed by atoms with van der Waals surface area (Å²) in [6.45, 7) is 9.65. The third-order valence-electron chi connectivity index (χ3n) is 3.34. The van der Waals surface area contributed by atoms with E-state index in [1.807, 2.05) is 0 Å². The standard InChI is InChI=1S/C8H18N4P2S/c1-2-9(1)13-15-14(10-3-4-10,11-5-6-11)12-7-8-12/h14-15H,1-8H2. The van der Waals surface area contributed by atoms with Crippen molar-refractivity contribution in [2.24, 2.45) is 0 Å². The van der Waals surface area contributed by atoms with Gasteiger partial charge in [0.25, 0.3) is 0 Å². The van der Waals surface area contributed by atoms with Gasteiger partial charge in [0.15, 0.2) is 0 Å². The van der Waals surface area contributed by atoms with Gasteiger partial charge in [0.05, 0.1) is 0 Å². The molecule has 86 valence electrons. The summed E-state index contributed by atoms with van der Waals surface area (Å²) < 4.78 is 10.9. The Hall–Kier alpha value is 0.920. The van der Waals surface area contributed by atoms with Gasteiger partial charge in [-0.2, -0.15) is 0 Å². The molecule has 0 atom stereocenters. The number of nitrogens with zero attached hydrogens (tertiary/aromatic N) is 4. The predicted molar refractivity (Wildman–Crippen MR) is 70.3 cm³/mol. The average molecular weight is 264 g/mol. The van der Waals surface area contributed by atoms with Gasteiger partial charge in [0.2, 0.25) is 0 Å². The minimum absolute atomic E-state index is 1.30. The molecule has 4 heterocycles. The van der Waals surface area contributed by atoms with Crippen LogP contribution in [0.3, 0.4) is 0 Å². The van der Waals surface area contributed by atoms with Crippen LogP contribution in [0.25, 0.3) is 0 Å². The zero-order valence-electron chi connectivity index (χ0n) is 8.84. The third-order valence-corrected chi connectivity index (χ3v) is 15.8. The van der Waals surface area contributed by atoms with Gasteiger partial charge in [0, 0.05) is 0 Å². The Morgan fingerprint density at radius 3 is 1.53 bits per heavy atom. The quantitative estimate of drug-likeness (QED) is 0.434. The molecular formula is C8H18N4P2S. The number of hydrogen-bond donors (Lipinski definition) is 1. The maximum absolute atomic E-state index is 2.80. The summed E-state index contributed by atoms with van der Waals surface area (Å²) in [6, 6.07) is 0. The van der Waals surface area contributed by atoms with E-state index in [0.29, 0.717) is 0 Å². The van der Waals surface area contributed by atoms with E-state index in [-0.39, 0.29) is 0 Å². The first-order valence-electron chi connectivity index (χ1n) is 5.82. The van der Waals surface area contributed by atoms with E-state index in [1.165, 1.54) is 52.4 Å². The van der Waals surface area contributed by atoms with Crippen molar-refractivity contribution in [2.75, 3.05) is 52.4 Å². The molecule has 4 nitrogen and oxygen atoms in total. The van der Waals surface area contributed by atoms with E-state index in [2.05, 4.69) is 18.7 Å². The van der Waals surface area contributed by atoms with Crippen LogP contribution in [-0.4, -0.2) is 71.0 Å². The van der Waals surface area contributed by atoms with Crippen LogP contribution in [0.5, 0.6) is 0 Å². The zero-order chi connectivity index (χ0) is 9.88. The molecule has 0 aromatic carbocycles. The first-order valence-corrected chi connectivity index (χ1v) is 11.0. The molecule has 0 unspecified atom stereocenters. The van der Waals surface area contributed by atoms with Gasteiger partial charge in [-0.3, -0.25) is 0 Å². The van der Waals surface area contributed by atoms with Crippen LogP contribution in [0.15, 0.2) is 0 Å². The molecular weight excluding hydrogens is 246 g/mol. The van der Waals surface area contributed by atoms with E-state index >= 15 is 0 Å². The van der Waals surface area contributed by atoms with E-state index < -0.39 is 6.92 Å². The fourth-order valence-electron chi connectivity index (χ4n) is 2.10. The minimum atomic E-state index is -1.30. The van der Waals surface area contributed by atoms with Crippen molar-refractivity contribution in [3.63, 3.8) is 0 Å². The van der Waals surface area contributed by atoms with Crippen molar-refractivity contribution in [3.8, 4) is 0 Å². The second-order valence-corrected chi connectivity index (χ2v) is 13.5. The molecule has 15 heavy (non-hydrogen) atoms. The summed E-state index contributed by atoms with van der Waals surface area (Å²) in [5.74, 6) is 0. The van der Waals surface area contributed by atoms with Crippen LogP contribution in [0.4, 0.5) is 0 Å². The fourth-order valence-corrected chi connectivity index (χ4v) is 16.1. The van der Waals surface area contributed by atoms with Gasteiger partial charge in [-0.25, -0.2) is 0 Å². The van der Waals surface area contributed by atoms with Crippen molar-refractivity contribution in [3.05, 3.63) is 0 Å². The molecule has 0 aliphatic carbocycles. The molecule has 0 aromatic rings. The summed E-state index contributed by atoms with van der Waals surface area (Å²) >= 11 is 0. The molecule has 0 spiro atoms. The van der Waals surface area contributed by atoms with E-state index in [0.717, 1.165) is 0 Å². The van der Waals surface area contributed by atoms with Gasteiger partial charge in [-0.1, -0.05) is 0 Å². The number of thiol groups is 1. The number of hydrogen-bond acceptors (Lipinski definition) is 3. The van der Waals surface area contributed by atoms with Crippen LogP contribution in [0.2, 0.25) is 0 Å². The first-order chi connectivity index (χ1) is 7.39. The maximum atomic E-state index is 2.80. The van der Waals surface area contributed by atoms with E-state index in [1.54, 1.807) is 18.1 Å². The van der Waals surface area contributed by atoms with Gasteiger partial charge in [-0.05, 0) is 0 Å². The molecule has 0 amide bonds. The molecule has 4 aliphatic heterocycles. The summed E-state index contributed by atoms with van der Waals surface area (Å²) in [7, 11) is 3.32. The van der Waals surface area contributed by atoms with Crippen molar-refractivity contribution >= 4 is 25.0 Å². The van der Waals surface area contributed by atoms with Crippen LogP contribution in [-0.2, 0) is 10.6 Å². The Balaban J connectivity index is 1.62. The molecule has 0 aromatic heterocycles. The van der Waals surface area contributed by atoms with Gasteiger partial charge in [0.1, 0.15) is 0 Å². The average Bonchev–Trinajstić information content (AvgIpc) is 3.03. The van der Waals surface area contributed by atoms with Crippen LogP contribution in [0.1, 0.15) is 0 Å². The SMILES string of the molecule is C1CN1P=[SH][PH](N1CC1)(N1CC1)N1CC1. The zero-order valence-corrected chi connectivity index (χ0v) is 11.6. The molecule has 4 saturated heterocycles. The molecule has 7 heteroatoms. The Kier molecular flexibility index (Phi) is 2.28. The van der Waals surface area contributed by atoms with Crippen molar-refractivity contribution in [1.82, 2.24) is 18.7 Å². The third kappa shape index (κ3) is 1.83. The van der Waals surface area contributed by atoms with Crippen molar-refractivity contribution < 1.29 is 0 Å². The Labute approximate surface area is 96.3 Å². The summed E-state index contributed by atoms with van der Waals surface area (Å²) in [5.41, 5.74) is 0. The molecule has 4 rings (SSSR count). The molecule has 0 saturated carbocycles. The van der Waals surface area contributed by atoms with Crippen molar-refractivity contribution in [1.29, 1.82) is 0 Å². The summed E-state index contributed by atoms with van der Waals surface area (Å²) in [4.78, 5) is 0. The molecule has 0 N–H and O–H groups in total. The monoisotopic (exact) mass is 264 g/mol. The topological polar surface area (TPSA) is 12.0 Å². The molecule has 0 radical (unpaired) electrons. The van der Waals surface area contributed by atoms with E-state index in [4.69, 9.17) is 0 Å². The molecule has 4 aliphatic rings. The predicted octanol–water partition coefficient (Wildman–Crippen LogP) is 0.250. The second kappa shape index (κ2) is 3.46.